The SMILES string of the molecule is OCCCCCc1ccnc(Cl)n1. The Morgan fingerprint density at radius 1 is 1.31 bits per heavy atom. The third-order valence-electron chi connectivity index (χ3n) is 1.77. The lowest BCUT2D eigenvalue weighted by Crippen LogP contribution is -1.93. The van der Waals surface area contributed by atoms with E-state index in [2.05, 4.69) is 9.97 Å². The number of aromatic nitrogens is 2. The Hall–Kier alpha value is -0.670. The third kappa shape index (κ3) is 4.20. The maximum absolute atomic E-state index is 8.56. The molecule has 0 amide bonds. The molecule has 1 aromatic heterocycles. The highest BCUT2D eigenvalue weighted by Crippen LogP contribution is 2.05. The molecule has 1 N–H and O–H groups in total. The van der Waals surface area contributed by atoms with E-state index in [1.54, 1.807) is 6.20 Å². The summed E-state index contributed by atoms with van der Waals surface area (Å²) in [6.07, 6.45) is 5.49. The van der Waals surface area contributed by atoms with Crippen molar-refractivity contribution in [2.45, 2.75) is 25.7 Å². The molecule has 0 aliphatic rings. The maximum atomic E-state index is 8.56. The molecule has 0 aromatic carbocycles. The molecule has 0 atom stereocenters. The number of nitrogens with zero attached hydrogens (tertiary/aromatic N) is 2. The van der Waals surface area contributed by atoms with Gasteiger partial charge in [-0.1, -0.05) is 6.42 Å². The molecular formula is C9H13ClN2O. The first kappa shape index (κ1) is 10.4. The minimum Gasteiger partial charge on any atom is -0.396 e. The van der Waals surface area contributed by atoms with E-state index in [-0.39, 0.29) is 6.61 Å². The van der Waals surface area contributed by atoms with Crippen LogP contribution in [0.4, 0.5) is 0 Å². The van der Waals surface area contributed by atoms with Crippen molar-refractivity contribution < 1.29 is 5.11 Å². The van der Waals surface area contributed by atoms with Crippen molar-refractivity contribution in [3.8, 4) is 0 Å². The first-order chi connectivity index (χ1) is 6.33. The van der Waals surface area contributed by atoms with Gasteiger partial charge < -0.3 is 5.11 Å². The highest BCUT2D eigenvalue weighted by molar-refractivity contribution is 6.28. The van der Waals surface area contributed by atoms with E-state index in [0.29, 0.717) is 5.28 Å². The second-order valence-electron chi connectivity index (χ2n) is 2.85. The van der Waals surface area contributed by atoms with Crippen LogP contribution in [0.15, 0.2) is 12.3 Å². The lowest BCUT2D eigenvalue weighted by Gasteiger charge is -1.99. The molecule has 13 heavy (non-hydrogen) atoms. The Labute approximate surface area is 82.8 Å². The van der Waals surface area contributed by atoms with Crippen LogP contribution in [0.1, 0.15) is 25.0 Å². The quantitative estimate of drug-likeness (QED) is 0.583. The van der Waals surface area contributed by atoms with Crippen LogP contribution >= 0.6 is 11.6 Å². The zero-order valence-electron chi connectivity index (χ0n) is 7.41. The minimum atomic E-state index is 0.268. The summed E-state index contributed by atoms with van der Waals surface area (Å²) in [7, 11) is 0. The van der Waals surface area contributed by atoms with Gasteiger partial charge in [-0.05, 0) is 36.9 Å². The Balaban J connectivity index is 2.28. The summed E-state index contributed by atoms with van der Waals surface area (Å²) < 4.78 is 0. The normalized spacial score (nSPS) is 10.3. The van der Waals surface area contributed by atoms with Gasteiger partial charge in [0.15, 0.2) is 0 Å². The largest absolute Gasteiger partial charge is 0.396 e. The molecule has 0 spiro atoms. The lowest BCUT2D eigenvalue weighted by atomic mass is 10.1. The summed E-state index contributed by atoms with van der Waals surface area (Å²) >= 11 is 5.62. The minimum absolute atomic E-state index is 0.268. The van der Waals surface area contributed by atoms with Crippen molar-refractivity contribution in [2.24, 2.45) is 0 Å². The van der Waals surface area contributed by atoms with Crippen LogP contribution in [-0.2, 0) is 6.42 Å². The van der Waals surface area contributed by atoms with Gasteiger partial charge in [-0.25, -0.2) is 9.97 Å². The topological polar surface area (TPSA) is 46.0 Å². The molecule has 0 fully saturated rings. The van der Waals surface area contributed by atoms with E-state index in [0.717, 1.165) is 31.4 Å². The molecule has 0 aliphatic carbocycles. The number of halogens is 1. The molecule has 0 aliphatic heterocycles. The smallest absolute Gasteiger partial charge is 0.222 e. The van der Waals surface area contributed by atoms with Gasteiger partial charge >= 0.3 is 0 Å². The Morgan fingerprint density at radius 2 is 2.15 bits per heavy atom. The number of aliphatic hydroxyl groups excluding tert-OH is 1. The van der Waals surface area contributed by atoms with Gasteiger partial charge in [-0.15, -0.1) is 0 Å². The molecule has 3 nitrogen and oxygen atoms in total. The van der Waals surface area contributed by atoms with E-state index in [1.807, 2.05) is 6.07 Å². The van der Waals surface area contributed by atoms with Crippen LogP contribution < -0.4 is 0 Å². The van der Waals surface area contributed by atoms with Gasteiger partial charge in [-0.3, -0.25) is 0 Å². The van der Waals surface area contributed by atoms with E-state index < -0.39 is 0 Å². The predicted molar refractivity (Wildman–Crippen MR) is 51.7 cm³/mol. The molecule has 1 rings (SSSR count). The van der Waals surface area contributed by atoms with Gasteiger partial charge in [0.1, 0.15) is 0 Å². The summed E-state index contributed by atoms with van der Waals surface area (Å²) in [5, 5.41) is 8.87. The van der Waals surface area contributed by atoms with Gasteiger partial charge in [0.05, 0.1) is 0 Å². The first-order valence-electron chi connectivity index (χ1n) is 4.41. The zero-order valence-corrected chi connectivity index (χ0v) is 8.17. The fraction of sp³-hybridized carbons (Fsp3) is 0.556. The molecule has 0 bridgehead atoms. The molecule has 4 heteroatoms. The van der Waals surface area contributed by atoms with Crippen molar-refractivity contribution >= 4 is 11.6 Å². The van der Waals surface area contributed by atoms with E-state index in [1.165, 1.54) is 0 Å². The fourth-order valence-corrected chi connectivity index (χ4v) is 1.27. The van der Waals surface area contributed by atoms with Crippen LogP contribution in [0.2, 0.25) is 5.28 Å². The summed E-state index contributed by atoms with van der Waals surface area (Å²) in [5.74, 6) is 0. The number of hydrogen-bond acceptors (Lipinski definition) is 3. The predicted octanol–water partition coefficient (Wildman–Crippen LogP) is 1.84. The number of rotatable bonds is 5. The first-order valence-corrected chi connectivity index (χ1v) is 4.79. The van der Waals surface area contributed by atoms with Crippen LogP contribution in [-0.4, -0.2) is 21.7 Å². The molecular weight excluding hydrogens is 188 g/mol. The second-order valence-corrected chi connectivity index (χ2v) is 3.19. The average Bonchev–Trinajstić information content (AvgIpc) is 2.13. The van der Waals surface area contributed by atoms with Crippen LogP contribution in [0.5, 0.6) is 0 Å². The average molecular weight is 201 g/mol. The fourth-order valence-electron chi connectivity index (χ4n) is 1.10. The van der Waals surface area contributed by atoms with Crippen molar-refractivity contribution in [3.05, 3.63) is 23.2 Å². The highest BCUT2D eigenvalue weighted by atomic mass is 35.5. The van der Waals surface area contributed by atoms with E-state index in [4.69, 9.17) is 16.7 Å². The maximum Gasteiger partial charge on any atom is 0.222 e. The Bertz CT molecular complexity index is 255. The number of aryl methyl sites for hydroxylation is 1. The zero-order chi connectivity index (χ0) is 9.52. The van der Waals surface area contributed by atoms with Crippen molar-refractivity contribution in [3.63, 3.8) is 0 Å². The summed E-state index contributed by atoms with van der Waals surface area (Å²) in [6, 6.07) is 1.87. The molecule has 0 unspecified atom stereocenters. The monoisotopic (exact) mass is 200 g/mol. The van der Waals surface area contributed by atoms with Gasteiger partial charge in [0.2, 0.25) is 5.28 Å². The molecule has 1 heterocycles. The van der Waals surface area contributed by atoms with E-state index in [9.17, 15) is 0 Å². The lowest BCUT2D eigenvalue weighted by molar-refractivity contribution is 0.283. The molecule has 72 valence electrons. The van der Waals surface area contributed by atoms with Crippen LogP contribution in [0.25, 0.3) is 0 Å². The van der Waals surface area contributed by atoms with Crippen molar-refractivity contribution in [2.75, 3.05) is 6.61 Å². The van der Waals surface area contributed by atoms with Gasteiger partial charge in [0.25, 0.3) is 0 Å². The summed E-state index contributed by atoms with van der Waals surface area (Å²) in [4.78, 5) is 7.86. The second kappa shape index (κ2) is 5.89. The standard InChI is InChI=1S/C9H13ClN2O/c10-9-11-6-5-8(12-9)4-2-1-3-7-13/h5-6,13H,1-4,7H2. The summed E-state index contributed by atoms with van der Waals surface area (Å²) in [6.45, 7) is 0.268. The molecule has 0 saturated carbocycles. The Morgan fingerprint density at radius 3 is 2.85 bits per heavy atom. The Kier molecular flexibility index (Phi) is 4.72. The van der Waals surface area contributed by atoms with Crippen LogP contribution in [0.3, 0.4) is 0 Å². The van der Waals surface area contributed by atoms with Crippen molar-refractivity contribution in [1.82, 2.24) is 9.97 Å². The number of unbranched alkanes of at least 4 members (excludes halogenated alkanes) is 2. The van der Waals surface area contributed by atoms with Crippen molar-refractivity contribution in [1.29, 1.82) is 0 Å². The number of hydrogen-bond donors (Lipinski definition) is 1. The molecule has 0 saturated heterocycles. The third-order valence-corrected chi connectivity index (χ3v) is 1.96. The molecule has 0 radical (unpaired) electrons. The van der Waals surface area contributed by atoms with Gasteiger partial charge in [0, 0.05) is 18.5 Å². The van der Waals surface area contributed by atoms with E-state index >= 15 is 0 Å². The summed E-state index contributed by atoms with van der Waals surface area (Å²) in [5.41, 5.74) is 0.970. The highest BCUT2D eigenvalue weighted by Gasteiger charge is 1.96. The van der Waals surface area contributed by atoms with Gasteiger partial charge in [-0.2, -0.15) is 0 Å². The number of aliphatic hydroxyl groups is 1. The van der Waals surface area contributed by atoms with Crippen LogP contribution in [0, 0.1) is 0 Å². The molecule has 1 aromatic rings.